The molecule has 1 heterocycles. The monoisotopic (exact) mass is 435 g/mol. The summed E-state index contributed by atoms with van der Waals surface area (Å²) in [5.74, 6) is -1.95. The Morgan fingerprint density at radius 3 is 2.38 bits per heavy atom. The minimum Gasteiger partial charge on any atom is -0.478 e. The Morgan fingerprint density at radius 2 is 1.76 bits per heavy atom. The molecule has 0 radical (unpaired) electrons. The summed E-state index contributed by atoms with van der Waals surface area (Å²) in [6, 6.07) is 8.96. The van der Waals surface area contributed by atoms with Crippen molar-refractivity contribution in [1.29, 1.82) is 0 Å². The van der Waals surface area contributed by atoms with E-state index in [9.17, 15) is 17.6 Å². The predicted octanol–water partition coefficient (Wildman–Crippen LogP) is 4.05. The van der Waals surface area contributed by atoms with Crippen LogP contribution in [0.2, 0.25) is 5.15 Å². The second-order valence-corrected chi connectivity index (χ2v) is 8.32. The molecule has 0 aliphatic heterocycles. The molecule has 0 spiro atoms. The molecule has 0 aliphatic carbocycles. The SMILES string of the molecule is Cc1cc(F)cc(C)c1-c1cc(Cl)nc(NS(=O)(=O)c2cccc(C(=O)O)c2)n1. The van der Waals surface area contributed by atoms with Gasteiger partial charge in [0.15, 0.2) is 0 Å². The normalized spacial score (nSPS) is 11.3. The zero-order valence-electron chi connectivity index (χ0n) is 15.3. The van der Waals surface area contributed by atoms with Gasteiger partial charge in [0, 0.05) is 11.6 Å². The van der Waals surface area contributed by atoms with Crippen LogP contribution in [0.15, 0.2) is 47.4 Å². The van der Waals surface area contributed by atoms with Gasteiger partial charge in [-0.05, 0) is 55.3 Å². The van der Waals surface area contributed by atoms with Crippen molar-refractivity contribution < 1.29 is 22.7 Å². The van der Waals surface area contributed by atoms with Crippen LogP contribution in [0, 0.1) is 19.7 Å². The molecular formula is C19H15ClFN3O4S. The summed E-state index contributed by atoms with van der Waals surface area (Å²) < 4.78 is 41.1. The van der Waals surface area contributed by atoms with E-state index in [1.807, 2.05) is 0 Å². The van der Waals surface area contributed by atoms with Gasteiger partial charge in [0.05, 0.1) is 16.2 Å². The van der Waals surface area contributed by atoms with Crippen LogP contribution < -0.4 is 4.72 Å². The van der Waals surface area contributed by atoms with Gasteiger partial charge < -0.3 is 5.11 Å². The van der Waals surface area contributed by atoms with Gasteiger partial charge in [0.2, 0.25) is 5.95 Å². The Hall–Kier alpha value is -3.04. The molecule has 2 aromatic carbocycles. The van der Waals surface area contributed by atoms with Crippen LogP contribution in [0.3, 0.4) is 0 Å². The maximum Gasteiger partial charge on any atom is 0.335 e. The molecule has 0 atom stereocenters. The van der Waals surface area contributed by atoms with E-state index < -0.39 is 21.8 Å². The van der Waals surface area contributed by atoms with E-state index in [0.29, 0.717) is 22.4 Å². The Labute approximate surface area is 171 Å². The fourth-order valence-electron chi connectivity index (χ4n) is 2.88. The van der Waals surface area contributed by atoms with Crippen molar-refractivity contribution in [1.82, 2.24) is 9.97 Å². The number of benzene rings is 2. The average molecular weight is 436 g/mol. The highest BCUT2D eigenvalue weighted by Gasteiger charge is 2.19. The number of sulfonamides is 1. The van der Waals surface area contributed by atoms with Gasteiger partial charge in [-0.15, -0.1) is 0 Å². The first-order chi connectivity index (χ1) is 13.6. The first-order valence-corrected chi connectivity index (χ1v) is 10.1. The van der Waals surface area contributed by atoms with Crippen LogP contribution in [0.5, 0.6) is 0 Å². The molecule has 150 valence electrons. The van der Waals surface area contributed by atoms with E-state index >= 15 is 0 Å². The molecule has 7 nitrogen and oxygen atoms in total. The number of halogens is 2. The van der Waals surface area contributed by atoms with Crippen LogP contribution >= 0.6 is 11.6 Å². The lowest BCUT2D eigenvalue weighted by atomic mass is 9.99. The van der Waals surface area contributed by atoms with E-state index in [2.05, 4.69) is 14.7 Å². The number of rotatable bonds is 5. The Morgan fingerprint density at radius 1 is 1.10 bits per heavy atom. The Bertz CT molecular complexity index is 1210. The van der Waals surface area contributed by atoms with Crippen molar-refractivity contribution in [2.75, 3.05) is 4.72 Å². The van der Waals surface area contributed by atoms with Crippen molar-refractivity contribution in [3.63, 3.8) is 0 Å². The second kappa shape index (κ2) is 7.76. The molecule has 3 aromatic rings. The van der Waals surface area contributed by atoms with E-state index in [4.69, 9.17) is 16.7 Å². The fourth-order valence-corrected chi connectivity index (χ4v) is 4.05. The Kier molecular flexibility index (Phi) is 5.54. The van der Waals surface area contributed by atoms with Crippen LogP contribution in [0.4, 0.5) is 10.3 Å². The van der Waals surface area contributed by atoms with Crippen LogP contribution in [0.25, 0.3) is 11.3 Å². The molecule has 0 unspecified atom stereocenters. The topological polar surface area (TPSA) is 109 Å². The number of aromatic nitrogens is 2. The van der Waals surface area contributed by atoms with Crippen molar-refractivity contribution in [3.05, 3.63) is 70.1 Å². The maximum absolute atomic E-state index is 13.6. The number of nitrogens with zero attached hydrogens (tertiary/aromatic N) is 2. The van der Waals surface area contributed by atoms with Crippen molar-refractivity contribution in [3.8, 4) is 11.3 Å². The number of hydrogen-bond acceptors (Lipinski definition) is 5. The van der Waals surface area contributed by atoms with E-state index in [1.54, 1.807) is 13.8 Å². The van der Waals surface area contributed by atoms with Gasteiger partial charge in [-0.2, -0.15) is 0 Å². The van der Waals surface area contributed by atoms with E-state index in [0.717, 1.165) is 6.07 Å². The highest BCUT2D eigenvalue weighted by atomic mass is 35.5. The molecule has 29 heavy (non-hydrogen) atoms. The molecule has 3 rings (SSSR count). The summed E-state index contributed by atoms with van der Waals surface area (Å²) in [5.41, 5.74) is 1.93. The van der Waals surface area contributed by atoms with Gasteiger partial charge >= 0.3 is 5.97 Å². The number of anilines is 1. The lowest BCUT2D eigenvalue weighted by Crippen LogP contribution is -2.16. The van der Waals surface area contributed by atoms with Crippen LogP contribution in [-0.2, 0) is 10.0 Å². The molecule has 0 bridgehead atoms. The summed E-state index contributed by atoms with van der Waals surface area (Å²) >= 11 is 6.04. The lowest BCUT2D eigenvalue weighted by molar-refractivity contribution is 0.0696. The van der Waals surface area contributed by atoms with Crippen LogP contribution in [-0.4, -0.2) is 29.5 Å². The standard InChI is InChI=1S/C19H15ClFN3O4S/c1-10-6-13(21)7-11(2)17(10)15-9-16(20)23-19(22-15)24-29(27,28)14-5-3-4-12(8-14)18(25)26/h3-9H,1-2H3,(H,25,26)(H,22,23,24). The number of nitrogens with one attached hydrogen (secondary N) is 1. The third-order valence-corrected chi connectivity index (χ3v) is 5.58. The van der Waals surface area contributed by atoms with Gasteiger partial charge in [0.1, 0.15) is 11.0 Å². The largest absolute Gasteiger partial charge is 0.478 e. The maximum atomic E-state index is 13.6. The van der Waals surface area contributed by atoms with Gasteiger partial charge in [-0.25, -0.2) is 32.3 Å². The highest BCUT2D eigenvalue weighted by molar-refractivity contribution is 7.92. The molecule has 1 aromatic heterocycles. The molecule has 0 saturated carbocycles. The first-order valence-electron chi connectivity index (χ1n) is 8.25. The summed E-state index contributed by atoms with van der Waals surface area (Å²) in [6.07, 6.45) is 0. The number of carboxylic acids is 1. The van der Waals surface area contributed by atoms with Crippen molar-refractivity contribution >= 4 is 33.5 Å². The number of aromatic carboxylic acids is 1. The quantitative estimate of drug-likeness (QED) is 0.585. The summed E-state index contributed by atoms with van der Waals surface area (Å²) in [5, 5.41) is 9.03. The van der Waals surface area contributed by atoms with Crippen molar-refractivity contribution in [2.24, 2.45) is 0 Å². The zero-order valence-corrected chi connectivity index (χ0v) is 16.8. The molecule has 0 amide bonds. The molecule has 0 fully saturated rings. The lowest BCUT2D eigenvalue weighted by Gasteiger charge is -2.12. The molecular weight excluding hydrogens is 421 g/mol. The second-order valence-electron chi connectivity index (χ2n) is 6.25. The number of hydrogen-bond donors (Lipinski definition) is 2. The predicted molar refractivity (Wildman–Crippen MR) is 106 cm³/mol. The Balaban J connectivity index is 2.03. The van der Waals surface area contributed by atoms with E-state index in [-0.39, 0.29) is 21.6 Å². The molecule has 2 N–H and O–H groups in total. The van der Waals surface area contributed by atoms with Gasteiger partial charge in [-0.3, -0.25) is 0 Å². The minimum atomic E-state index is -4.17. The fraction of sp³-hybridized carbons (Fsp3) is 0.105. The first kappa shape index (κ1) is 20.7. The summed E-state index contributed by atoms with van der Waals surface area (Å²) in [4.78, 5) is 18.9. The zero-order chi connectivity index (χ0) is 21.3. The highest BCUT2D eigenvalue weighted by Crippen LogP contribution is 2.29. The van der Waals surface area contributed by atoms with Gasteiger partial charge in [-0.1, -0.05) is 17.7 Å². The summed E-state index contributed by atoms with van der Waals surface area (Å²) in [7, 11) is -4.17. The third-order valence-electron chi connectivity index (χ3n) is 4.07. The summed E-state index contributed by atoms with van der Waals surface area (Å²) in [6.45, 7) is 3.39. The molecule has 0 aliphatic rings. The molecule has 0 saturated heterocycles. The van der Waals surface area contributed by atoms with Gasteiger partial charge in [0.25, 0.3) is 10.0 Å². The van der Waals surface area contributed by atoms with E-state index in [1.165, 1.54) is 36.4 Å². The number of carboxylic acid groups (broad SMARTS) is 1. The third kappa shape index (κ3) is 4.52. The van der Waals surface area contributed by atoms with Crippen LogP contribution in [0.1, 0.15) is 21.5 Å². The average Bonchev–Trinajstić information content (AvgIpc) is 2.60. The number of aryl methyl sites for hydroxylation is 2. The minimum absolute atomic E-state index is 0.0184. The smallest absolute Gasteiger partial charge is 0.335 e. The van der Waals surface area contributed by atoms with Crippen molar-refractivity contribution in [2.45, 2.75) is 18.7 Å². The number of carbonyl (C=O) groups is 1. The molecule has 10 heteroatoms.